The van der Waals surface area contributed by atoms with Gasteiger partial charge in [0.15, 0.2) is 0 Å². The van der Waals surface area contributed by atoms with Crippen LogP contribution in [0.25, 0.3) is 11.6 Å². The molecule has 0 bridgehead atoms. The molecule has 0 saturated carbocycles. The average Bonchev–Trinajstić information content (AvgIpc) is 3.18. The minimum atomic E-state index is -0.675. The van der Waals surface area contributed by atoms with E-state index < -0.39 is 5.41 Å². The lowest BCUT2D eigenvalue weighted by atomic mass is 9.65. The van der Waals surface area contributed by atoms with Gasteiger partial charge in [0.25, 0.3) is 0 Å². The summed E-state index contributed by atoms with van der Waals surface area (Å²) in [6, 6.07) is 18.9. The molecule has 0 radical (unpaired) electrons. The van der Waals surface area contributed by atoms with Gasteiger partial charge >= 0.3 is 0 Å². The van der Waals surface area contributed by atoms with Crippen LogP contribution in [-0.4, -0.2) is 10.2 Å². The highest BCUT2D eigenvalue weighted by Gasteiger charge is 2.47. The van der Waals surface area contributed by atoms with Crippen molar-refractivity contribution in [2.24, 2.45) is 11.3 Å². The van der Waals surface area contributed by atoms with Crippen molar-refractivity contribution >= 4 is 11.6 Å². The SMILES string of the molecule is CC.CC(C)C.C\C=C(/C=C\C(O)=C(/C)C(C)(C)C)C1(C(/C=C/c2ccccc2)=C/C=C(/O)CC)C2=C(CC=CC=C2)c2ccccc21. The molecule has 2 aliphatic carbocycles. The molecule has 0 heterocycles. The van der Waals surface area contributed by atoms with E-state index in [0.717, 1.165) is 34.6 Å². The predicted octanol–water partition coefficient (Wildman–Crippen LogP) is 13.8. The van der Waals surface area contributed by atoms with Crippen molar-refractivity contribution in [3.8, 4) is 0 Å². The Hall–Kier alpha value is -4.30. The minimum absolute atomic E-state index is 0.153. The van der Waals surface area contributed by atoms with Crippen LogP contribution in [0.4, 0.5) is 0 Å². The number of aliphatic hydroxyl groups excluding tert-OH is 2. The van der Waals surface area contributed by atoms with Gasteiger partial charge in [-0.1, -0.05) is 172 Å². The highest BCUT2D eigenvalue weighted by Crippen LogP contribution is 2.57. The fraction of sp³-hybridized carbons (Fsp3) is 0.348. The maximum absolute atomic E-state index is 11.2. The monoisotopic (exact) mass is 644 g/mol. The van der Waals surface area contributed by atoms with Crippen molar-refractivity contribution in [2.75, 3.05) is 0 Å². The third-order valence-electron chi connectivity index (χ3n) is 8.40. The zero-order valence-corrected chi connectivity index (χ0v) is 31.4. The molecular weight excluding hydrogens is 585 g/mol. The van der Waals surface area contributed by atoms with Gasteiger partial charge in [0.1, 0.15) is 5.76 Å². The molecule has 0 aromatic heterocycles. The van der Waals surface area contributed by atoms with Crippen LogP contribution in [0.2, 0.25) is 0 Å². The summed E-state index contributed by atoms with van der Waals surface area (Å²) in [5.41, 5.74) is 8.20. The molecule has 0 amide bonds. The maximum Gasteiger partial charge on any atom is 0.115 e. The van der Waals surface area contributed by atoms with Crippen LogP contribution in [-0.2, 0) is 5.41 Å². The molecule has 4 rings (SSSR count). The molecule has 1 atom stereocenters. The van der Waals surface area contributed by atoms with Crippen molar-refractivity contribution in [1.29, 1.82) is 0 Å². The van der Waals surface area contributed by atoms with E-state index in [1.807, 2.05) is 58.0 Å². The fourth-order valence-corrected chi connectivity index (χ4v) is 5.72. The van der Waals surface area contributed by atoms with Gasteiger partial charge in [-0.3, -0.25) is 0 Å². The van der Waals surface area contributed by atoms with Gasteiger partial charge in [0.2, 0.25) is 0 Å². The quantitative estimate of drug-likeness (QED) is 0.222. The van der Waals surface area contributed by atoms with Crippen LogP contribution in [0.5, 0.6) is 0 Å². The largest absolute Gasteiger partial charge is 0.512 e. The smallest absolute Gasteiger partial charge is 0.115 e. The molecule has 2 heteroatoms. The van der Waals surface area contributed by atoms with Gasteiger partial charge < -0.3 is 10.2 Å². The van der Waals surface area contributed by atoms with Gasteiger partial charge in [-0.25, -0.2) is 0 Å². The van der Waals surface area contributed by atoms with Crippen LogP contribution < -0.4 is 0 Å². The number of rotatable bonds is 8. The summed E-state index contributed by atoms with van der Waals surface area (Å²) in [6.07, 6.45) is 24.3. The lowest BCUT2D eigenvalue weighted by molar-refractivity contribution is 0.391. The summed E-state index contributed by atoms with van der Waals surface area (Å²) in [7, 11) is 0. The number of fused-ring (bicyclic) bond motifs is 2. The van der Waals surface area contributed by atoms with Gasteiger partial charge in [-0.15, -0.1) is 0 Å². The van der Waals surface area contributed by atoms with Gasteiger partial charge in [-0.2, -0.15) is 0 Å². The van der Waals surface area contributed by atoms with Crippen molar-refractivity contribution in [3.63, 3.8) is 0 Å². The molecule has 0 spiro atoms. The highest BCUT2D eigenvalue weighted by atomic mass is 16.3. The molecule has 2 aliphatic rings. The normalized spacial score (nSPS) is 18.6. The summed E-state index contributed by atoms with van der Waals surface area (Å²) >= 11 is 0. The number of aliphatic hydroxyl groups is 2. The Balaban J connectivity index is 0.00000124. The average molecular weight is 645 g/mol. The molecule has 2 N–H and O–H groups in total. The predicted molar refractivity (Wildman–Crippen MR) is 212 cm³/mol. The maximum atomic E-state index is 11.2. The standard InChI is InChI=1S/C40H44O2.C4H10.C2H6/c1-7-31(26-28-38(42)29(3)39(4,5)6)40(32(25-27-33(41)8-2)24-23-30-17-11-9-12-18-30)36-21-14-10-13-19-34(36)35-20-15-16-22-37(35)40;1-4(2)3;1-2/h7,9-18,20-28,41-42H,8,19H2,1-6H3;4H,1-3H3;1-2H3/b24-23+,28-26-,31-7+,32-25+,33-27+,38-29-;;. The Morgan fingerprint density at radius 1 is 0.854 bits per heavy atom. The van der Waals surface area contributed by atoms with E-state index in [-0.39, 0.29) is 11.2 Å². The molecule has 2 aromatic carbocycles. The lowest BCUT2D eigenvalue weighted by Gasteiger charge is -2.36. The Morgan fingerprint density at radius 2 is 1.48 bits per heavy atom. The van der Waals surface area contributed by atoms with Crippen molar-refractivity contribution in [2.45, 2.75) is 94.4 Å². The van der Waals surface area contributed by atoms with Crippen LogP contribution in [0.15, 0.2) is 149 Å². The van der Waals surface area contributed by atoms with Crippen LogP contribution in [0, 0.1) is 11.3 Å². The van der Waals surface area contributed by atoms with E-state index >= 15 is 0 Å². The number of benzene rings is 2. The third-order valence-corrected chi connectivity index (χ3v) is 8.40. The topological polar surface area (TPSA) is 40.5 Å². The first-order valence-corrected chi connectivity index (χ1v) is 17.6. The molecule has 48 heavy (non-hydrogen) atoms. The lowest BCUT2D eigenvalue weighted by Crippen LogP contribution is -2.30. The number of hydrogen-bond donors (Lipinski definition) is 2. The van der Waals surface area contributed by atoms with E-state index in [0.29, 0.717) is 12.2 Å². The Kier molecular flexibility index (Phi) is 15.7. The molecule has 1 unspecified atom stereocenters. The van der Waals surface area contributed by atoms with Crippen molar-refractivity contribution in [1.82, 2.24) is 0 Å². The van der Waals surface area contributed by atoms with Crippen LogP contribution in [0.1, 0.15) is 106 Å². The molecule has 0 saturated heterocycles. The molecular formula is C46H60O2. The molecule has 0 aliphatic heterocycles. The molecule has 2 aromatic rings. The second-order valence-corrected chi connectivity index (χ2v) is 13.6. The summed E-state index contributed by atoms with van der Waals surface area (Å²) in [5, 5.41) is 21.7. The molecule has 256 valence electrons. The molecule has 0 fully saturated rings. The van der Waals surface area contributed by atoms with E-state index in [9.17, 15) is 10.2 Å². The van der Waals surface area contributed by atoms with Gasteiger partial charge in [-0.05, 0) is 88.3 Å². The first kappa shape index (κ1) is 39.9. The minimum Gasteiger partial charge on any atom is -0.512 e. The van der Waals surface area contributed by atoms with Crippen molar-refractivity contribution < 1.29 is 10.2 Å². The number of hydrogen-bond acceptors (Lipinski definition) is 2. The van der Waals surface area contributed by atoms with Gasteiger partial charge in [0, 0.05) is 6.42 Å². The van der Waals surface area contributed by atoms with E-state index in [1.165, 1.54) is 22.3 Å². The summed E-state index contributed by atoms with van der Waals surface area (Å²) in [5.74, 6) is 1.44. The Morgan fingerprint density at radius 3 is 2.08 bits per heavy atom. The first-order chi connectivity index (χ1) is 22.9. The highest BCUT2D eigenvalue weighted by molar-refractivity contribution is 5.89. The Bertz CT molecular complexity index is 1620. The van der Waals surface area contributed by atoms with E-state index in [1.54, 1.807) is 0 Å². The van der Waals surface area contributed by atoms with Gasteiger partial charge in [0.05, 0.1) is 11.2 Å². The first-order valence-electron chi connectivity index (χ1n) is 17.6. The number of allylic oxidation sites excluding steroid dienone is 16. The third kappa shape index (κ3) is 9.86. The second-order valence-electron chi connectivity index (χ2n) is 13.6. The van der Waals surface area contributed by atoms with Crippen molar-refractivity contribution in [3.05, 3.63) is 166 Å². The zero-order chi connectivity index (χ0) is 35.9. The summed E-state index contributed by atoms with van der Waals surface area (Å²) < 4.78 is 0. The second kappa shape index (κ2) is 18.9. The van der Waals surface area contributed by atoms with Crippen LogP contribution >= 0.6 is 0 Å². The van der Waals surface area contributed by atoms with Crippen LogP contribution in [0.3, 0.4) is 0 Å². The fourth-order valence-electron chi connectivity index (χ4n) is 5.72. The zero-order valence-electron chi connectivity index (χ0n) is 31.4. The Labute approximate surface area is 292 Å². The summed E-state index contributed by atoms with van der Waals surface area (Å²) in [4.78, 5) is 0. The molecule has 2 nitrogen and oxygen atoms in total. The van der Waals surface area contributed by atoms with E-state index in [2.05, 4.69) is 140 Å². The summed E-state index contributed by atoms with van der Waals surface area (Å²) in [6.45, 7) is 22.8. The van der Waals surface area contributed by atoms with E-state index in [4.69, 9.17) is 0 Å².